The highest BCUT2D eigenvalue weighted by Gasteiger charge is 2.43. The van der Waals surface area contributed by atoms with Crippen molar-refractivity contribution in [3.63, 3.8) is 0 Å². The van der Waals surface area contributed by atoms with Crippen LogP contribution in [0.25, 0.3) is 77.7 Å². The zero-order valence-corrected chi connectivity index (χ0v) is 31.6. The fourth-order valence-corrected chi connectivity index (χ4v) is 10.5. The Kier molecular flexibility index (Phi) is 6.53. The van der Waals surface area contributed by atoms with Gasteiger partial charge in [-0.1, -0.05) is 127 Å². The average Bonchev–Trinajstić information content (AvgIpc) is 4.02. The summed E-state index contributed by atoms with van der Waals surface area (Å²) < 4.78 is 7.45. The lowest BCUT2D eigenvalue weighted by atomic mass is 9.84. The molecule has 11 aromatic rings. The maximum Gasteiger partial charge on any atom is 0.0650 e. The van der Waals surface area contributed by atoms with E-state index in [-0.39, 0.29) is 12.0 Å². The third-order valence-electron chi connectivity index (χ3n) is 12.8. The van der Waals surface area contributed by atoms with E-state index in [0.717, 1.165) is 17.1 Å². The van der Waals surface area contributed by atoms with Gasteiger partial charge in [-0.3, -0.25) is 0 Å². The van der Waals surface area contributed by atoms with E-state index in [9.17, 15) is 0 Å². The molecule has 0 fully saturated rings. The van der Waals surface area contributed by atoms with Crippen LogP contribution in [0.1, 0.15) is 22.7 Å². The van der Waals surface area contributed by atoms with E-state index in [0.29, 0.717) is 0 Å². The third-order valence-corrected chi connectivity index (χ3v) is 12.8. The predicted octanol–water partition coefficient (Wildman–Crippen LogP) is 13.5. The minimum atomic E-state index is 0.160. The van der Waals surface area contributed by atoms with Crippen molar-refractivity contribution < 1.29 is 0 Å². The van der Waals surface area contributed by atoms with E-state index in [1.807, 2.05) is 0 Å². The molecule has 1 aliphatic carbocycles. The number of anilines is 2. The highest BCUT2D eigenvalue weighted by Crippen LogP contribution is 2.53. The second-order valence-corrected chi connectivity index (χ2v) is 15.7. The molecule has 0 spiro atoms. The van der Waals surface area contributed by atoms with Crippen LogP contribution in [0.2, 0.25) is 0 Å². The number of fused-ring (bicyclic) bond motifs is 14. The molecule has 2 atom stereocenters. The van der Waals surface area contributed by atoms with E-state index < -0.39 is 0 Å². The van der Waals surface area contributed by atoms with Crippen LogP contribution in [-0.4, -0.2) is 19.7 Å². The summed E-state index contributed by atoms with van der Waals surface area (Å²) >= 11 is 0. The van der Waals surface area contributed by atoms with Gasteiger partial charge in [-0.25, -0.2) is 0 Å². The normalized spacial score (nSPS) is 15.8. The molecule has 1 aliphatic heterocycles. The summed E-state index contributed by atoms with van der Waals surface area (Å²) in [5.74, 6) is 0.163. The van der Waals surface area contributed by atoms with Crippen molar-refractivity contribution >= 4 is 72.0 Å². The summed E-state index contributed by atoms with van der Waals surface area (Å²) in [5, 5.41) is 6.32. The summed E-state index contributed by atoms with van der Waals surface area (Å²) in [7, 11) is 0. The second-order valence-electron chi connectivity index (χ2n) is 15.7. The third kappa shape index (κ3) is 4.24. The topological polar surface area (TPSA) is 18.0 Å². The predicted molar refractivity (Wildman–Crippen MR) is 242 cm³/mol. The zero-order valence-electron chi connectivity index (χ0n) is 31.6. The minimum Gasteiger partial charge on any atom is -0.333 e. The molecule has 0 saturated carbocycles. The number of hydrogen-bond acceptors (Lipinski definition) is 1. The van der Waals surface area contributed by atoms with Gasteiger partial charge in [-0.2, -0.15) is 0 Å². The Bertz CT molecular complexity index is 3460. The highest BCUT2D eigenvalue weighted by molar-refractivity contribution is 6.26. The molecule has 0 radical (unpaired) electrons. The molecule has 58 heavy (non-hydrogen) atoms. The number of para-hydroxylation sites is 6. The van der Waals surface area contributed by atoms with Crippen molar-refractivity contribution in [1.82, 2.24) is 13.7 Å². The molecule has 4 nitrogen and oxygen atoms in total. The maximum absolute atomic E-state index is 2.54. The number of benzene rings is 8. The Hall–Kier alpha value is -7.56. The smallest absolute Gasteiger partial charge is 0.0650 e. The van der Waals surface area contributed by atoms with E-state index in [4.69, 9.17) is 0 Å². The van der Waals surface area contributed by atoms with Gasteiger partial charge < -0.3 is 18.6 Å². The van der Waals surface area contributed by atoms with Crippen molar-refractivity contribution in [2.75, 3.05) is 4.90 Å². The van der Waals surface area contributed by atoms with E-state index in [1.165, 1.54) is 82.7 Å². The quantitative estimate of drug-likeness (QED) is 0.176. The van der Waals surface area contributed by atoms with Crippen molar-refractivity contribution in [1.29, 1.82) is 0 Å². The second kappa shape index (κ2) is 12.0. The van der Waals surface area contributed by atoms with Crippen molar-refractivity contribution in [3.8, 4) is 17.1 Å². The number of aromatic nitrogens is 3. The van der Waals surface area contributed by atoms with Gasteiger partial charge in [0, 0.05) is 66.6 Å². The fourth-order valence-electron chi connectivity index (χ4n) is 10.5. The van der Waals surface area contributed by atoms with Gasteiger partial charge in [-0.05, 0) is 84.4 Å². The van der Waals surface area contributed by atoms with Crippen LogP contribution in [0.15, 0.2) is 200 Å². The lowest BCUT2D eigenvalue weighted by Crippen LogP contribution is -2.31. The summed E-state index contributed by atoms with van der Waals surface area (Å²) in [6.45, 7) is 0. The van der Waals surface area contributed by atoms with E-state index in [1.54, 1.807) is 0 Å². The fraction of sp³-hybridized carbons (Fsp3) is 0.0370. The van der Waals surface area contributed by atoms with Gasteiger partial charge in [0.2, 0.25) is 0 Å². The molecule has 0 saturated heterocycles. The summed E-state index contributed by atoms with van der Waals surface area (Å²) in [4.78, 5) is 2.53. The number of rotatable bonds is 4. The lowest BCUT2D eigenvalue weighted by Gasteiger charge is -2.31. The Morgan fingerprint density at radius 3 is 1.66 bits per heavy atom. The molecule has 0 N–H and O–H groups in total. The van der Waals surface area contributed by atoms with Gasteiger partial charge in [0.05, 0.1) is 39.5 Å². The Morgan fingerprint density at radius 1 is 0.362 bits per heavy atom. The largest absolute Gasteiger partial charge is 0.333 e. The van der Waals surface area contributed by atoms with Crippen LogP contribution >= 0.6 is 0 Å². The first-order valence-corrected chi connectivity index (χ1v) is 20.2. The molecule has 4 heteroatoms. The molecule has 272 valence electrons. The Balaban J connectivity index is 1.04. The molecule has 4 heterocycles. The van der Waals surface area contributed by atoms with Gasteiger partial charge in [-0.15, -0.1) is 0 Å². The Labute approximate surface area is 335 Å². The van der Waals surface area contributed by atoms with Crippen LogP contribution in [-0.2, 0) is 0 Å². The first-order chi connectivity index (χ1) is 28.8. The first-order valence-electron chi connectivity index (χ1n) is 20.2. The van der Waals surface area contributed by atoms with Crippen LogP contribution in [0.3, 0.4) is 0 Å². The molecule has 2 unspecified atom stereocenters. The number of nitrogens with zero attached hydrogens (tertiary/aromatic N) is 4. The molecule has 0 bridgehead atoms. The molecule has 8 aromatic carbocycles. The van der Waals surface area contributed by atoms with Crippen LogP contribution in [0, 0.1) is 0 Å². The number of hydrogen-bond donors (Lipinski definition) is 0. The van der Waals surface area contributed by atoms with Gasteiger partial charge in [0.25, 0.3) is 0 Å². The van der Waals surface area contributed by atoms with E-state index in [2.05, 4.69) is 225 Å². The standard InChI is InChI=1S/C54H36N4/c1-3-15-35(16-4-1)55-47-25-13-9-21-43(47)51-49(55)33-31-41-39-19-7-11-23-45(39)57(53(41)51)37-27-29-38(30-28-37)58-46-24-12-8-20-40(46)42-32-34-50-52(54(42)58)44-22-10-14-26-48(44)56(50)36-17-5-2-6-18-36/h1-34,49,51H. The van der Waals surface area contributed by atoms with Crippen LogP contribution in [0.5, 0.6) is 0 Å². The molecule has 3 aromatic heterocycles. The molecular weight excluding hydrogens is 705 g/mol. The molecular formula is C54H36N4. The average molecular weight is 741 g/mol. The molecule has 0 amide bonds. The maximum atomic E-state index is 2.54. The van der Waals surface area contributed by atoms with Crippen molar-refractivity contribution in [2.24, 2.45) is 0 Å². The van der Waals surface area contributed by atoms with Crippen LogP contribution < -0.4 is 4.90 Å². The van der Waals surface area contributed by atoms with Gasteiger partial charge in [0.1, 0.15) is 0 Å². The monoisotopic (exact) mass is 740 g/mol. The van der Waals surface area contributed by atoms with Gasteiger partial charge >= 0.3 is 0 Å². The summed E-state index contributed by atoms with van der Waals surface area (Å²) in [6.07, 6.45) is 4.80. The van der Waals surface area contributed by atoms with Gasteiger partial charge in [0.15, 0.2) is 0 Å². The summed E-state index contributed by atoms with van der Waals surface area (Å²) in [5.41, 5.74) is 16.1. The molecule has 13 rings (SSSR count). The first kappa shape index (κ1) is 31.6. The highest BCUT2D eigenvalue weighted by atomic mass is 15.2. The van der Waals surface area contributed by atoms with Crippen molar-refractivity contribution in [3.05, 3.63) is 217 Å². The SMILES string of the molecule is C1=CC2C(c3ccccc3N2c2ccccc2)c2c1c1ccccc1n2-c1ccc(-n2c3ccccc3c3ccc4c(c5ccccc5n4-c4ccccc4)c32)cc1. The zero-order chi connectivity index (χ0) is 37.9. The van der Waals surface area contributed by atoms with Crippen molar-refractivity contribution in [2.45, 2.75) is 12.0 Å². The minimum absolute atomic E-state index is 0.160. The Morgan fingerprint density at radius 2 is 0.914 bits per heavy atom. The lowest BCUT2D eigenvalue weighted by molar-refractivity contribution is 0.693. The van der Waals surface area contributed by atoms with E-state index >= 15 is 0 Å². The van der Waals surface area contributed by atoms with Crippen LogP contribution in [0.4, 0.5) is 11.4 Å². The molecule has 2 aliphatic rings. The summed E-state index contributed by atoms with van der Waals surface area (Å²) in [6, 6.07) is 71.3.